The summed E-state index contributed by atoms with van der Waals surface area (Å²) in [6.45, 7) is 7.13. The number of aryl methyl sites for hydroxylation is 1. The first-order valence-corrected chi connectivity index (χ1v) is 13.1. The van der Waals surface area contributed by atoms with Gasteiger partial charge >= 0.3 is 6.07 Å². The maximum atomic E-state index is 16.3. The lowest BCUT2D eigenvalue weighted by Gasteiger charge is -2.38. The van der Waals surface area contributed by atoms with E-state index in [4.69, 9.17) is 0 Å². The zero-order chi connectivity index (χ0) is 28.9. The van der Waals surface area contributed by atoms with Crippen LogP contribution in [0.1, 0.15) is 52.4 Å². The molecular weight excluding hydrogens is 500 g/mol. The molecule has 1 fully saturated rings. The van der Waals surface area contributed by atoms with Crippen molar-refractivity contribution in [3.8, 4) is 6.07 Å². The van der Waals surface area contributed by atoms with Crippen LogP contribution in [-0.4, -0.2) is 81.6 Å². The molecule has 0 aliphatic carbocycles. The first-order valence-electron chi connectivity index (χ1n) is 13.1. The van der Waals surface area contributed by atoms with Crippen LogP contribution in [0.25, 0.3) is 10.7 Å². The number of unbranched alkanes of at least 4 members (excludes halogenated alkanes) is 1. The molecule has 0 amide bonds. The SMILES string of the molecule is CCCC=O.C[N+]#Cc1cc(F)ccc1NCc1cc(C)cc(C=O)c1/C(F)=C(\N(C)C)N1CCN(C)CC1. The van der Waals surface area contributed by atoms with Gasteiger partial charge in [-0.2, -0.15) is 0 Å². The molecule has 39 heavy (non-hydrogen) atoms. The molecule has 1 aliphatic heterocycles. The van der Waals surface area contributed by atoms with Crippen molar-refractivity contribution in [3.05, 3.63) is 74.6 Å². The van der Waals surface area contributed by atoms with Gasteiger partial charge in [0.2, 0.25) is 0 Å². The Labute approximate surface area is 230 Å². The average Bonchev–Trinajstić information content (AvgIpc) is 2.89. The number of hydrogen-bond donors (Lipinski definition) is 1. The van der Waals surface area contributed by atoms with Gasteiger partial charge in [-0.25, -0.2) is 8.78 Å². The largest absolute Gasteiger partial charge is 0.380 e. The van der Waals surface area contributed by atoms with E-state index in [1.807, 2.05) is 46.0 Å². The van der Waals surface area contributed by atoms with Crippen LogP contribution in [-0.2, 0) is 11.3 Å². The van der Waals surface area contributed by atoms with Gasteiger partial charge in [0.1, 0.15) is 23.5 Å². The fraction of sp³-hybridized carbons (Fsp3) is 0.433. The highest BCUT2D eigenvalue weighted by Gasteiger charge is 2.25. The zero-order valence-electron chi connectivity index (χ0n) is 23.9. The molecule has 0 bridgehead atoms. The van der Waals surface area contributed by atoms with E-state index >= 15 is 4.39 Å². The summed E-state index contributed by atoms with van der Waals surface area (Å²) in [6.07, 6.45) is 3.31. The maximum Gasteiger partial charge on any atom is 0.312 e. The second kappa shape index (κ2) is 15.6. The van der Waals surface area contributed by atoms with Crippen LogP contribution in [0.4, 0.5) is 14.5 Å². The van der Waals surface area contributed by atoms with Crippen LogP contribution in [0.15, 0.2) is 36.2 Å². The minimum Gasteiger partial charge on any atom is -0.380 e. The third-order valence-corrected chi connectivity index (χ3v) is 6.25. The molecule has 0 radical (unpaired) electrons. The Kier molecular flexibility index (Phi) is 12.6. The number of carbonyl (C=O) groups excluding carboxylic acids is 2. The molecule has 1 heterocycles. The van der Waals surface area contributed by atoms with Crippen LogP contribution in [0.2, 0.25) is 0 Å². The number of nitrogens with zero attached hydrogens (tertiary/aromatic N) is 4. The van der Waals surface area contributed by atoms with Gasteiger partial charge in [-0.15, -0.1) is 0 Å². The number of nitrogens with one attached hydrogen (secondary N) is 1. The fourth-order valence-electron chi connectivity index (χ4n) is 4.33. The smallest absolute Gasteiger partial charge is 0.312 e. The lowest BCUT2D eigenvalue weighted by atomic mass is 9.96. The van der Waals surface area contributed by atoms with Gasteiger partial charge in [0.05, 0.1) is 5.69 Å². The third kappa shape index (κ3) is 8.89. The minimum absolute atomic E-state index is 0.235. The molecule has 1 aliphatic rings. The van der Waals surface area contributed by atoms with E-state index in [0.29, 0.717) is 54.0 Å². The number of benzene rings is 2. The van der Waals surface area contributed by atoms with Gasteiger partial charge in [-0.05, 0) is 50.2 Å². The van der Waals surface area contributed by atoms with Gasteiger partial charge in [-0.1, -0.05) is 23.4 Å². The summed E-state index contributed by atoms with van der Waals surface area (Å²) >= 11 is 0. The number of rotatable bonds is 9. The van der Waals surface area contributed by atoms with E-state index < -0.39 is 11.6 Å². The van der Waals surface area contributed by atoms with Crippen LogP contribution < -0.4 is 5.32 Å². The van der Waals surface area contributed by atoms with Crippen molar-refractivity contribution in [2.45, 2.75) is 33.2 Å². The summed E-state index contributed by atoms with van der Waals surface area (Å²) < 4.78 is 30.0. The van der Waals surface area contributed by atoms with Crippen LogP contribution >= 0.6 is 0 Å². The van der Waals surface area contributed by atoms with E-state index in [1.165, 1.54) is 12.1 Å². The number of carbonyl (C=O) groups is 2. The Balaban J connectivity index is 0.000000976. The second-order valence-electron chi connectivity index (χ2n) is 9.66. The standard InChI is InChI=1S/C26H31F2N5O.C4H8O/c1-18-12-20(16-30-23-7-6-22(27)14-19(23)15-29-2)24(21(13-18)17-34)25(28)26(31(3)4)33-10-8-32(5)9-11-33;1-2-3-4-5/h6-7,12-14,17H,8-11,16H2,1-5H3;4H,2-3H2,1H3/p+1/b26-25-;. The Morgan fingerprint density at radius 3 is 2.38 bits per heavy atom. The molecule has 9 heteroatoms. The first kappa shape index (κ1) is 31.4. The topological polar surface area (TPSA) is 60.3 Å². The van der Waals surface area contributed by atoms with Crippen molar-refractivity contribution >= 4 is 24.1 Å². The van der Waals surface area contributed by atoms with Crippen molar-refractivity contribution in [1.29, 1.82) is 0 Å². The molecule has 1 saturated heterocycles. The van der Waals surface area contributed by atoms with E-state index in [-0.39, 0.29) is 12.1 Å². The molecule has 0 unspecified atom stereocenters. The Bertz CT molecular complexity index is 1230. The van der Waals surface area contributed by atoms with Crippen LogP contribution in [0, 0.1) is 18.8 Å². The molecular formula is C30H40F2N5O2+. The normalized spacial score (nSPS) is 13.8. The average molecular weight is 541 g/mol. The van der Waals surface area contributed by atoms with Crippen molar-refractivity contribution in [2.75, 3.05) is 59.7 Å². The van der Waals surface area contributed by atoms with E-state index in [1.54, 1.807) is 24.1 Å². The van der Waals surface area contributed by atoms with E-state index in [0.717, 1.165) is 31.4 Å². The molecule has 7 nitrogen and oxygen atoms in total. The van der Waals surface area contributed by atoms with Crippen molar-refractivity contribution in [3.63, 3.8) is 0 Å². The summed E-state index contributed by atoms with van der Waals surface area (Å²) in [5, 5.41) is 3.24. The highest BCUT2D eigenvalue weighted by Crippen LogP contribution is 2.32. The summed E-state index contributed by atoms with van der Waals surface area (Å²) in [5.74, 6) is -0.377. The van der Waals surface area contributed by atoms with Crippen LogP contribution in [0.3, 0.4) is 0 Å². The van der Waals surface area contributed by atoms with Crippen molar-refractivity contribution in [2.24, 2.45) is 0 Å². The number of aldehydes is 2. The third-order valence-electron chi connectivity index (χ3n) is 6.25. The van der Waals surface area contributed by atoms with E-state index in [9.17, 15) is 14.0 Å². The number of anilines is 1. The van der Waals surface area contributed by atoms with E-state index in [2.05, 4.69) is 21.1 Å². The number of piperazine rings is 1. The molecule has 2 aromatic rings. The second-order valence-corrected chi connectivity index (χ2v) is 9.66. The first-order chi connectivity index (χ1) is 18.7. The highest BCUT2D eigenvalue weighted by molar-refractivity contribution is 5.86. The van der Waals surface area contributed by atoms with Gasteiger partial charge < -0.3 is 24.8 Å². The Morgan fingerprint density at radius 2 is 1.85 bits per heavy atom. The van der Waals surface area contributed by atoms with Crippen molar-refractivity contribution < 1.29 is 18.4 Å². The number of hydrogen-bond acceptors (Lipinski definition) is 6. The highest BCUT2D eigenvalue weighted by atomic mass is 19.1. The van der Waals surface area contributed by atoms with Gasteiger partial charge in [-0.3, -0.25) is 4.79 Å². The number of halogens is 2. The van der Waals surface area contributed by atoms with Gasteiger partial charge in [0.15, 0.2) is 12.1 Å². The zero-order valence-corrected chi connectivity index (χ0v) is 23.9. The predicted molar refractivity (Wildman–Crippen MR) is 154 cm³/mol. The maximum absolute atomic E-state index is 16.3. The lowest BCUT2D eigenvalue weighted by molar-refractivity contribution is -0.107. The molecule has 2 aromatic carbocycles. The summed E-state index contributed by atoms with van der Waals surface area (Å²) in [7, 11) is 7.23. The quantitative estimate of drug-likeness (QED) is 0.438. The fourth-order valence-corrected chi connectivity index (χ4v) is 4.33. The minimum atomic E-state index is -0.436. The predicted octanol–water partition coefficient (Wildman–Crippen LogP) is 5.26. The molecule has 0 spiro atoms. The Hall–Kier alpha value is -3.77. The van der Waals surface area contributed by atoms with Crippen LogP contribution in [0.5, 0.6) is 0 Å². The Morgan fingerprint density at radius 1 is 1.15 bits per heavy atom. The number of likely N-dealkylation sites (N-methyl/N-ethyl adjacent to an activating group) is 1. The van der Waals surface area contributed by atoms with Gasteiger partial charge in [0.25, 0.3) is 7.05 Å². The molecule has 0 saturated carbocycles. The summed E-state index contributed by atoms with van der Waals surface area (Å²) in [4.78, 5) is 31.2. The molecule has 1 N–H and O–H groups in total. The monoisotopic (exact) mass is 540 g/mol. The molecule has 0 aromatic heterocycles. The van der Waals surface area contributed by atoms with Crippen molar-refractivity contribution in [1.82, 2.24) is 14.7 Å². The summed E-state index contributed by atoms with van der Waals surface area (Å²) in [6, 6.07) is 10.6. The summed E-state index contributed by atoms with van der Waals surface area (Å²) in [5.41, 5.74) is 3.13. The molecule has 3 rings (SSSR count). The molecule has 0 atom stereocenters. The molecule has 210 valence electrons. The van der Waals surface area contributed by atoms with Gasteiger partial charge in [0, 0.05) is 64.4 Å². The lowest BCUT2D eigenvalue weighted by Crippen LogP contribution is -2.46.